The Hall–Kier alpha value is -1.95. The second-order valence-corrected chi connectivity index (χ2v) is 4.79. The highest BCUT2D eigenvalue weighted by Crippen LogP contribution is 2.21. The van der Waals surface area contributed by atoms with Crippen LogP contribution in [0.1, 0.15) is 18.4 Å². The van der Waals surface area contributed by atoms with Gasteiger partial charge in [0.15, 0.2) is 0 Å². The van der Waals surface area contributed by atoms with Gasteiger partial charge in [0.1, 0.15) is 0 Å². The van der Waals surface area contributed by atoms with Crippen molar-refractivity contribution >= 4 is 17.3 Å². The third-order valence-electron chi connectivity index (χ3n) is 3.27. The largest absolute Gasteiger partial charge is 0.324 e. The molecule has 0 aromatic heterocycles. The number of anilines is 1. The Labute approximate surface area is 111 Å². The minimum absolute atomic E-state index is 0.0120. The van der Waals surface area contributed by atoms with Crippen LogP contribution in [-0.4, -0.2) is 35.4 Å². The molecule has 1 fully saturated rings. The summed E-state index contributed by atoms with van der Waals surface area (Å²) in [6.45, 7) is 4.06. The highest BCUT2D eigenvalue weighted by molar-refractivity contribution is 5.93. The van der Waals surface area contributed by atoms with Crippen molar-refractivity contribution in [3.05, 3.63) is 33.9 Å². The highest BCUT2D eigenvalue weighted by atomic mass is 16.6. The SMILES string of the molecule is Cc1ccc([N+](=O)[O-])cc1NC(=O)CN1CCCC1. The maximum atomic E-state index is 11.9. The molecule has 0 aliphatic carbocycles. The number of nitrogens with zero attached hydrogens (tertiary/aromatic N) is 2. The fourth-order valence-corrected chi connectivity index (χ4v) is 2.19. The number of nitro groups is 1. The topological polar surface area (TPSA) is 75.5 Å². The minimum Gasteiger partial charge on any atom is -0.324 e. The van der Waals surface area contributed by atoms with Gasteiger partial charge in [-0.2, -0.15) is 0 Å². The van der Waals surface area contributed by atoms with Crippen LogP contribution in [0.4, 0.5) is 11.4 Å². The van der Waals surface area contributed by atoms with E-state index < -0.39 is 4.92 Å². The number of carbonyl (C=O) groups is 1. The molecule has 6 nitrogen and oxygen atoms in total. The van der Waals surface area contributed by atoms with E-state index >= 15 is 0 Å². The number of aryl methyl sites for hydroxylation is 1. The van der Waals surface area contributed by atoms with Crippen molar-refractivity contribution in [1.29, 1.82) is 0 Å². The summed E-state index contributed by atoms with van der Waals surface area (Å²) in [5.41, 5.74) is 1.32. The molecule has 0 radical (unpaired) electrons. The lowest BCUT2D eigenvalue weighted by molar-refractivity contribution is -0.384. The van der Waals surface area contributed by atoms with Gasteiger partial charge in [0, 0.05) is 12.1 Å². The first-order valence-electron chi connectivity index (χ1n) is 6.33. The number of non-ortho nitro benzene ring substituents is 1. The molecule has 1 saturated heterocycles. The molecule has 1 aromatic carbocycles. The summed E-state index contributed by atoms with van der Waals surface area (Å²) in [7, 11) is 0. The number of hydrogen-bond acceptors (Lipinski definition) is 4. The van der Waals surface area contributed by atoms with Crippen LogP contribution in [0.5, 0.6) is 0 Å². The predicted molar refractivity (Wildman–Crippen MR) is 72.1 cm³/mol. The van der Waals surface area contributed by atoms with Crippen molar-refractivity contribution in [2.75, 3.05) is 25.0 Å². The molecule has 102 valence electrons. The van der Waals surface area contributed by atoms with Gasteiger partial charge in [-0.25, -0.2) is 0 Å². The van der Waals surface area contributed by atoms with Gasteiger partial charge in [-0.05, 0) is 38.4 Å². The Bertz CT molecular complexity index is 496. The lowest BCUT2D eigenvalue weighted by atomic mass is 10.2. The number of nitro benzene ring substituents is 1. The van der Waals surface area contributed by atoms with E-state index in [4.69, 9.17) is 0 Å². The smallest absolute Gasteiger partial charge is 0.271 e. The number of amides is 1. The van der Waals surface area contributed by atoms with E-state index in [9.17, 15) is 14.9 Å². The predicted octanol–water partition coefficient (Wildman–Crippen LogP) is 1.94. The number of hydrogen-bond donors (Lipinski definition) is 1. The number of nitrogens with one attached hydrogen (secondary N) is 1. The third-order valence-corrected chi connectivity index (χ3v) is 3.27. The Morgan fingerprint density at radius 1 is 1.42 bits per heavy atom. The molecular formula is C13H17N3O3. The summed E-state index contributed by atoms with van der Waals surface area (Å²) < 4.78 is 0. The van der Waals surface area contributed by atoms with Gasteiger partial charge in [0.25, 0.3) is 5.69 Å². The molecule has 2 rings (SSSR count). The molecular weight excluding hydrogens is 246 g/mol. The van der Waals surface area contributed by atoms with E-state index in [0.717, 1.165) is 31.5 Å². The van der Waals surface area contributed by atoms with Crippen LogP contribution in [0.15, 0.2) is 18.2 Å². The van der Waals surface area contributed by atoms with E-state index in [2.05, 4.69) is 10.2 Å². The molecule has 1 aliphatic heterocycles. The van der Waals surface area contributed by atoms with Gasteiger partial charge in [-0.3, -0.25) is 19.8 Å². The fraction of sp³-hybridized carbons (Fsp3) is 0.462. The summed E-state index contributed by atoms with van der Waals surface area (Å²) in [4.78, 5) is 24.2. The summed E-state index contributed by atoms with van der Waals surface area (Å²) >= 11 is 0. The monoisotopic (exact) mass is 263 g/mol. The summed E-state index contributed by atoms with van der Waals surface area (Å²) in [6.07, 6.45) is 2.26. The van der Waals surface area contributed by atoms with E-state index in [0.29, 0.717) is 12.2 Å². The Morgan fingerprint density at radius 3 is 2.74 bits per heavy atom. The summed E-state index contributed by atoms with van der Waals surface area (Å²) in [5, 5.41) is 13.5. The Morgan fingerprint density at radius 2 is 2.11 bits per heavy atom. The van der Waals surface area contributed by atoms with E-state index in [1.54, 1.807) is 6.07 Å². The van der Waals surface area contributed by atoms with Gasteiger partial charge in [0.05, 0.1) is 17.2 Å². The van der Waals surface area contributed by atoms with Crippen LogP contribution >= 0.6 is 0 Å². The van der Waals surface area contributed by atoms with Crippen molar-refractivity contribution in [3.63, 3.8) is 0 Å². The second-order valence-electron chi connectivity index (χ2n) is 4.79. The molecule has 6 heteroatoms. The fourth-order valence-electron chi connectivity index (χ4n) is 2.19. The molecule has 1 amide bonds. The van der Waals surface area contributed by atoms with Crippen molar-refractivity contribution in [1.82, 2.24) is 4.90 Å². The number of benzene rings is 1. The van der Waals surface area contributed by atoms with Crippen LogP contribution in [0.3, 0.4) is 0 Å². The first-order valence-corrected chi connectivity index (χ1v) is 6.33. The molecule has 1 aliphatic rings. The lowest BCUT2D eigenvalue weighted by Gasteiger charge is -2.14. The van der Waals surface area contributed by atoms with Crippen LogP contribution < -0.4 is 5.32 Å². The van der Waals surface area contributed by atoms with Crippen LogP contribution in [-0.2, 0) is 4.79 Å². The van der Waals surface area contributed by atoms with Crippen LogP contribution in [0.2, 0.25) is 0 Å². The van der Waals surface area contributed by atoms with Gasteiger partial charge < -0.3 is 5.32 Å². The van der Waals surface area contributed by atoms with Crippen LogP contribution in [0.25, 0.3) is 0 Å². The number of likely N-dealkylation sites (tertiary alicyclic amines) is 1. The zero-order valence-corrected chi connectivity index (χ0v) is 10.9. The molecule has 1 heterocycles. The van der Waals surface area contributed by atoms with Crippen LogP contribution in [0, 0.1) is 17.0 Å². The molecule has 1 aromatic rings. The van der Waals surface area contributed by atoms with E-state index in [-0.39, 0.29) is 11.6 Å². The van der Waals surface area contributed by atoms with Gasteiger partial charge in [-0.15, -0.1) is 0 Å². The second kappa shape index (κ2) is 5.79. The minimum atomic E-state index is -0.463. The Kier molecular flexibility index (Phi) is 4.11. The first kappa shape index (κ1) is 13.5. The molecule has 0 atom stereocenters. The average Bonchev–Trinajstić information content (AvgIpc) is 2.84. The zero-order valence-electron chi connectivity index (χ0n) is 10.9. The summed E-state index contributed by atoms with van der Waals surface area (Å²) in [6, 6.07) is 4.48. The molecule has 0 bridgehead atoms. The maximum Gasteiger partial charge on any atom is 0.271 e. The van der Waals surface area contributed by atoms with Gasteiger partial charge >= 0.3 is 0 Å². The van der Waals surface area contributed by atoms with E-state index in [1.165, 1.54) is 12.1 Å². The normalized spacial score (nSPS) is 15.4. The quantitative estimate of drug-likeness (QED) is 0.665. The molecule has 0 spiro atoms. The van der Waals surface area contributed by atoms with Crippen molar-refractivity contribution < 1.29 is 9.72 Å². The highest BCUT2D eigenvalue weighted by Gasteiger charge is 2.16. The van der Waals surface area contributed by atoms with Crippen molar-refractivity contribution in [2.24, 2.45) is 0 Å². The number of rotatable bonds is 4. The first-order chi connectivity index (χ1) is 9.06. The van der Waals surface area contributed by atoms with Crippen molar-refractivity contribution in [2.45, 2.75) is 19.8 Å². The lowest BCUT2D eigenvalue weighted by Crippen LogP contribution is -2.31. The molecule has 1 N–H and O–H groups in total. The van der Waals surface area contributed by atoms with Gasteiger partial charge in [0.2, 0.25) is 5.91 Å². The average molecular weight is 263 g/mol. The third kappa shape index (κ3) is 3.51. The standard InChI is InChI=1S/C13H17N3O3/c1-10-4-5-11(16(18)19)8-12(10)14-13(17)9-15-6-2-3-7-15/h4-5,8H,2-3,6-7,9H2,1H3,(H,14,17). The number of carbonyl (C=O) groups excluding carboxylic acids is 1. The maximum absolute atomic E-state index is 11.9. The molecule has 0 unspecified atom stereocenters. The van der Waals surface area contributed by atoms with Gasteiger partial charge in [-0.1, -0.05) is 6.07 Å². The van der Waals surface area contributed by atoms with E-state index in [1.807, 2.05) is 6.92 Å². The Balaban J connectivity index is 2.02. The zero-order chi connectivity index (χ0) is 13.8. The van der Waals surface area contributed by atoms with Crippen molar-refractivity contribution in [3.8, 4) is 0 Å². The molecule has 0 saturated carbocycles. The molecule has 19 heavy (non-hydrogen) atoms. The summed E-state index contributed by atoms with van der Waals surface area (Å²) in [5.74, 6) is -0.120.